The summed E-state index contributed by atoms with van der Waals surface area (Å²) < 4.78 is 10.7. The highest BCUT2D eigenvalue weighted by Crippen LogP contribution is 2.16. The van der Waals surface area contributed by atoms with E-state index in [4.69, 9.17) is 9.47 Å². The molecule has 0 aromatic heterocycles. The Hall–Kier alpha value is -2.75. The van der Waals surface area contributed by atoms with E-state index in [1.165, 1.54) is 0 Å². The Morgan fingerprint density at radius 1 is 1.13 bits per heavy atom. The van der Waals surface area contributed by atoms with E-state index in [1.807, 2.05) is 54.6 Å². The monoisotopic (exact) mass is 309 g/mol. The molecule has 1 aliphatic heterocycles. The van der Waals surface area contributed by atoms with Crippen molar-refractivity contribution in [2.45, 2.75) is 19.1 Å². The summed E-state index contributed by atoms with van der Waals surface area (Å²) in [4.78, 5) is 11.0. The molecule has 1 fully saturated rings. The van der Waals surface area contributed by atoms with Gasteiger partial charge in [-0.3, -0.25) is 0 Å². The van der Waals surface area contributed by atoms with E-state index in [1.54, 1.807) is 0 Å². The third kappa shape index (κ3) is 4.13. The molecule has 1 saturated heterocycles. The third-order valence-electron chi connectivity index (χ3n) is 3.76. The van der Waals surface area contributed by atoms with Gasteiger partial charge in [0.25, 0.3) is 0 Å². The molecule has 3 rings (SSSR count). The Kier molecular flexibility index (Phi) is 4.62. The van der Waals surface area contributed by atoms with Crippen LogP contribution in [0.3, 0.4) is 0 Å². The topological polar surface area (TPSA) is 47.6 Å². The fraction of sp³-hybridized carbons (Fsp3) is 0.211. The van der Waals surface area contributed by atoms with Gasteiger partial charge in [-0.25, -0.2) is 4.79 Å². The fourth-order valence-corrected chi connectivity index (χ4v) is 2.46. The van der Waals surface area contributed by atoms with Crippen molar-refractivity contribution in [1.29, 1.82) is 0 Å². The lowest BCUT2D eigenvalue weighted by molar-refractivity contribution is 0.177. The van der Waals surface area contributed by atoms with Crippen molar-refractivity contribution in [2.75, 3.05) is 6.61 Å². The van der Waals surface area contributed by atoms with Crippen molar-refractivity contribution in [3.8, 4) is 5.75 Å². The van der Waals surface area contributed by atoms with Gasteiger partial charge in [-0.15, -0.1) is 0 Å². The second-order valence-electron chi connectivity index (χ2n) is 5.52. The van der Waals surface area contributed by atoms with Crippen LogP contribution < -0.4 is 10.1 Å². The molecule has 1 amide bonds. The Balaban J connectivity index is 1.52. The molecule has 4 nitrogen and oxygen atoms in total. The highest BCUT2D eigenvalue weighted by atomic mass is 16.6. The smallest absolute Gasteiger partial charge is 0.407 e. The predicted molar refractivity (Wildman–Crippen MR) is 89.3 cm³/mol. The van der Waals surface area contributed by atoms with Crippen molar-refractivity contribution in [3.05, 3.63) is 71.8 Å². The lowest BCUT2D eigenvalue weighted by atomic mass is 10.1. The van der Waals surface area contributed by atoms with E-state index in [9.17, 15) is 4.79 Å². The molecule has 1 atom stereocenters. The highest BCUT2D eigenvalue weighted by Gasteiger charge is 2.21. The number of carbonyl (C=O) groups is 1. The maximum atomic E-state index is 11.0. The minimum absolute atomic E-state index is 0.0534. The molecule has 118 valence electrons. The average molecular weight is 309 g/mol. The summed E-state index contributed by atoms with van der Waals surface area (Å²) in [7, 11) is 0. The summed E-state index contributed by atoms with van der Waals surface area (Å²) >= 11 is 0. The summed E-state index contributed by atoms with van der Waals surface area (Å²) in [6.45, 7) is 4.70. The largest absolute Gasteiger partial charge is 0.489 e. The van der Waals surface area contributed by atoms with Crippen LogP contribution in [0, 0.1) is 0 Å². The lowest BCUT2D eigenvalue weighted by Gasteiger charge is -2.09. The van der Waals surface area contributed by atoms with Crippen LogP contribution in [0.4, 0.5) is 4.79 Å². The second kappa shape index (κ2) is 7.01. The third-order valence-corrected chi connectivity index (χ3v) is 3.76. The van der Waals surface area contributed by atoms with Gasteiger partial charge in [0.1, 0.15) is 19.0 Å². The fourth-order valence-electron chi connectivity index (χ4n) is 2.46. The normalized spacial score (nSPS) is 16.5. The number of amides is 1. The zero-order valence-corrected chi connectivity index (χ0v) is 12.8. The van der Waals surface area contributed by atoms with Gasteiger partial charge in [-0.1, -0.05) is 49.1 Å². The molecule has 4 heteroatoms. The van der Waals surface area contributed by atoms with E-state index >= 15 is 0 Å². The standard InChI is InChI=1S/C19H19NO3/c1-2-14-3-5-16(6-4-14)12-22-18-9-7-15(8-10-18)11-17-13-23-19(21)20-17/h2-10,17H,1,11-13H2,(H,20,21). The van der Waals surface area contributed by atoms with Gasteiger partial charge in [-0.05, 0) is 35.2 Å². The zero-order valence-electron chi connectivity index (χ0n) is 12.8. The summed E-state index contributed by atoms with van der Waals surface area (Å²) in [6.07, 6.45) is 2.24. The van der Waals surface area contributed by atoms with Crippen molar-refractivity contribution in [2.24, 2.45) is 0 Å². The van der Waals surface area contributed by atoms with Crippen molar-refractivity contribution < 1.29 is 14.3 Å². The van der Waals surface area contributed by atoms with E-state index in [-0.39, 0.29) is 12.1 Å². The summed E-state index contributed by atoms with van der Waals surface area (Å²) in [5.74, 6) is 0.827. The molecule has 0 bridgehead atoms. The van der Waals surface area contributed by atoms with Crippen LogP contribution in [-0.4, -0.2) is 18.7 Å². The van der Waals surface area contributed by atoms with E-state index in [0.717, 1.165) is 28.9 Å². The molecule has 0 aliphatic carbocycles. The Labute approximate surface area is 135 Å². The van der Waals surface area contributed by atoms with E-state index in [2.05, 4.69) is 11.9 Å². The number of ether oxygens (including phenoxy) is 2. The van der Waals surface area contributed by atoms with Crippen LogP contribution in [0.25, 0.3) is 6.08 Å². The minimum atomic E-state index is -0.336. The number of carbonyl (C=O) groups excluding carboxylic acids is 1. The van der Waals surface area contributed by atoms with Gasteiger partial charge >= 0.3 is 6.09 Å². The number of nitrogens with one attached hydrogen (secondary N) is 1. The van der Waals surface area contributed by atoms with Crippen molar-refractivity contribution in [1.82, 2.24) is 5.32 Å². The Bertz CT molecular complexity index is 677. The molecular weight excluding hydrogens is 290 g/mol. The van der Waals surface area contributed by atoms with Gasteiger partial charge in [0.2, 0.25) is 0 Å². The second-order valence-corrected chi connectivity index (χ2v) is 5.52. The maximum absolute atomic E-state index is 11.0. The molecule has 1 aliphatic rings. The average Bonchev–Trinajstić information content (AvgIpc) is 2.99. The van der Waals surface area contributed by atoms with Crippen LogP contribution in [0.5, 0.6) is 5.75 Å². The van der Waals surface area contributed by atoms with Gasteiger partial charge in [0.15, 0.2) is 0 Å². The Morgan fingerprint density at radius 2 is 1.83 bits per heavy atom. The first-order valence-electron chi connectivity index (χ1n) is 7.59. The molecule has 0 spiro atoms. The lowest BCUT2D eigenvalue weighted by Crippen LogP contribution is -2.28. The van der Waals surface area contributed by atoms with E-state index < -0.39 is 0 Å². The quantitative estimate of drug-likeness (QED) is 0.887. The van der Waals surface area contributed by atoms with Gasteiger partial charge in [-0.2, -0.15) is 0 Å². The number of cyclic esters (lactones) is 1. The molecule has 2 aromatic carbocycles. The minimum Gasteiger partial charge on any atom is -0.489 e. The van der Waals surface area contributed by atoms with Gasteiger partial charge in [0, 0.05) is 0 Å². The molecule has 1 heterocycles. The molecular formula is C19H19NO3. The predicted octanol–water partition coefficient (Wildman–Crippen LogP) is 3.56. The molecule has 1 N–H and O–H groups in total. The summed E-state index contributed by atoms with van der Waals surface area (Å²) in [6, 6.07) is 16.1. The molecule has 23 heavy (non-hydrogen) atoms. The highest BCUT2D eigenvalue weighted by molar-refractivity contribution is 5.69. The van der Waals surface area contributed by atoms with E-state index in [0.29, 0.717) is 13.2 Å². The van der Waals surface area contributed by atoms with Crippen LogP contribution in [-0.2, 0) is 17.8 Å². The number of hydrogen-bond donors (Lipinski definition) is 1. The molecule has 0 radical (unpaired) electrons. The van der Waals surface area contributed by atoms with Crippen LogP contribution >= 0.6 is 0 Å². The Morgan fingerprint density at radius 3 is 2.43 bits per heavy atom. The van der Waals surface area contributed by atoms with Gasteiger partial charge in [0.05, 0.1) is 6.04 Å². The number of alkyl carbamates (subject to hydrolysis) is 1. The number of rotatable bonds is 6. The maximum Gasteiger partial charge on any atom is 0.407 e. The SMILES string of the molecule is C=Cc1ccc(COc2ccc(CC3COC(=O)N3)cc2)cc1. The van der Waals surface area contributed by atoms with Crippen molar-refractivity contribution in [3.63, 3.8) is 0 Å². The van der Waals surface area contributed by atoms with Crippen molar-refractivity contribution >= 4 is 12.2 Å². The summed E-state index contributed by atoms with van der Waals surface area (Å²) in [5.41, 5.74) is 3.36. The first kappa shape index (κ1) is 15.2. The summed E-state index contributed by atoms with van der Waals surface area (Å²) in [5, 5.41) is 2.77. The first-order valence-corrected chi connectivity index (χ1v) is 7.59. The first-order chi connectivity index (χ1) is 11.2. The van der Waals surface area contributed by atoms with Crippen LogP contribution in [0.1, 0.15) is 16.7 Å². The number of benzene rings is 2. The number of hydrogen-bond acceptors (Lipinski definition) is 3. The zero-order chi connectivity index (χ0) is 16.1. The van der Waals surface area contributed by atoms with Crippen LogP contribution in [0.15, 0.2) is 55.1 Å². The molecule has 2 aromatic rings. The van der Waals surface area contributed by atoms with Crippen LogP contribution in [0.2, 0.25) is 0 Å². The molecule has 0 saturated carbocycles. The molecule has 1 unspecified atom stereocenters. The van der Waals surface area contributed by atoms with Gasteiger partial charge < -0.3 is 14.8 Å².